The van der Waals surface area contributed by atoms with E-state index in [0.29, 0.717) is 13.2 Å². The molecule has 1 aromatic rings. The zero-order valence-corrected chi connectivity index (χ0v) is 19.4. The molecule has 0 unspecified atom stereocenters. The molecule has 1 aliphatic rings. The molecule has 0 radical (unpaired) electrons. The maximum atomic E-state index is 13.3. The van der Waals surface area contributed by atoms with E-state index in [-0.39, 0.29) is 39.7 Å². The first kappa shape index (κ1) is 23.1. The average Bonchev–Trinajstić information content (AvgIpc) is 3.12. The summed E-state index contributed by atoms with van der Waals surface area (Å²) in [6.07, 6.45) is 1.67. The lowest BCUT2D eigenvalue weighted by atomic mass is 10.1. The SMILES string of the molecule is COc1cc(C(=O)N2CCC[C@H]2CO[Si](C)(C)C(C)(C)C)c([N+](=O)[O-])cc1OC. The third-order valence-corrected chi connectivity index (χ3v) is 10.5. The van der Waals surface area contributed by atoms with E-state index in [2.05, 4.69) is 33.9 Å². The summed E-state index contributed by atoms with van der Waals surface area (Å²) in [6, 6.07) is 2.54. The Labute approximate surface area is 173 Å². The summed E-state index contributed by atoms with van der Waals surface area (Å²) in [4.78, 5) is 26.0. The number of nitrogens with zero attached hydrogens (tertiary/aromatic N) is 2. The molecule has 162 valence electrons. The summed E-state index contributed by atoms with van der Waals surface area (Å²) in [5.74, 6) is 0.128. The predicted molar refractivity (Wildman–Crippen MR) is 113 cm³/mol. The van der Waals surface area contributed by atoms with Gasteiger partial charge in [0.15, 0.2) is 19.8 Å². The largest absolute Gasteiger partial charge is 0.493 e. The van der Waals surface area contributed by atoms with Crippen molar-refractivity contribution in [1.82, 2.24) is 4.90 Å². The van der Waals surface area contributed by atoms with Crippen LogP contribution < -0.4 is 9.47 Å². The number of nitro groups is 1. The van der Waals surface area contributed by atoms with E-state index in [0.717, 1.165) is 12.8 Å². The number of carbonyl (C=O) groups excluding carboxylic acids is 1. The maximum absolute atomic E-state index is 13.3. The van der Waals surface area contributed by atoms with Crippen molar-refractivity contribution in [3.63, 3.8) is 0 Å². The molecular weight excluding hydrogens is 392 g/mol. The Morgan fingerprint density at radius 1 is 1.24 bits per heavy atom. The Balaban J connectivity index is 2.30. The second-order valence-electron chi connectivity index (χ2n) is 8.85. The summed E-state index contributed by atoms with van der Waals surface area (Å²) in [6.45, 7) is 11.9. The van der Waals surface area contributed by atoms with Crippen molar-refractivity contribution in [2.75, 3.05) is 27.4 Å². The number of rotatable bonds is 7. The smallest absolute Gasteiger partial charge is 0.286 e. The van der Waals surface area contributed by atoms with Crippen molar-refractivity contribution in [2.45, 2.75) is 57.8 Å². The number of carbonyl (C=O) groups is 1. The van der Waals surface area contributed by atoms with Crippen LogP contribution in [0.25, 0.3) is 0 Å². The van der Waals surface area contributed by atoms with Gasteiger partial charge in [-0.1, -0.05) is 20.8 Å². The second kappa shape index (κ2) is 8.70. The fraction of sp³-hybridized carbons (Fsp3) is 0.650. The fourth-order valence-electron chi connectivity index (χ4n) is 3.14. The molecular formula is C20H32N2O6Si. The van der Waals surface area contributed by atoms with Crippen molar-refractivity contribution in [3.05, 3.63) is 27.8 Å². The number of hydrogen-bond acceptors (Lipinski definition) is 6. The van der Waals surface area contributed by atoms with Crippen molar-refractivity contribution in [1.29, 1.82) is 0 Å². The van der Waals surface area contributed by atoms with Crippen molar-refractivity contribution < 1.29 is 23.6 Å². The molecule has 1 saturated heterocycles. The van der Waals surface area contributed by atoms with Gasteiger partial charge in [0, 0.05) is 12.6 Å². The lowest BCUT2D eigenvalue weighted by molar-refractivity contribution is -0.385. The average molecular weight is 425 g/mol. The summed E-state index contributed by atoms with van der Waals surface area (Å²) < 4.78 is 16.7. The van der Waals surface area contributed by atoms with Gasteiger partial charge >= 0.3 is 0 Å². The molecule has 1 aromatic carbocycles. The van der Waals surface area contributed by atoms with Crippen LogP contribution in [-0.4, -0.2) is 57.5 Å². The minimum Gasteiger partial charge on any atom is -0.493 e. The first-order chi connectivity index (χ1) is 13.4. The number of nitro benzene ring substituents is 1. The van der Waals surface area contributed by atoms with Gasteiger partial charge in [-0.15, -0.1) is 0 Å². The Bertz CT molecular complexity index is 775. The van der Waals surface area contributed by atoms with E-state index in [1.165, 1.54) is 26.4 Å². The van der Waals surface area contributed by atoms with E-state index in [9.17, 15) is 14.9 Å². The van der Waals surface area contributed by atoms with Crippen molar-refractivity contribution in [3.8, 4) is 11.5 Å². The number of amides is 1. The van der Waals surface area contributed by atoms with E-state index in [1.807, 2.05) is 0 Å². The normalized spacial score (nSPS) is 17.3. The minimum atomic E-state index is -1.95. The Hall–Kier alpha value is -2.13. The van der Waals surface area contributed by atoms with Gasteiger partial charge in [-0.25, -0.2) is 0 Å². The molecule has 0 N–H and O–H groups in total. The van der Waals surface area contributed by atoms with Crippen LogP contribution in [-0.2, 0) is 4.43 Å². The van der Waals surface area contributed by atoms with Gasteiger partial charge in [-0.05, 0) is 31.0 Å². The number of hydrogen-bond donors (Lipinski definition) is 0. The summed E-state index contributed by atoms with van der Waals surface area (Å²) in [5.41, 5.74) is -0.282. The van der Waals surface area contributed by atoms with Gasteiger partial charge in [0.1, 0.15) is 5.56 Å². The van der Waals surface area contributed by atoms with Crippen LogP contribution >= 0.6 is 0 Å². The van der Waals surface area contributed by atoms with Gasteiger partial charge in [0.05, 0.1) is 37.9 Å². The zero-order valence-electron chi connectivity index (χ0n) is 18.4. The van der Waals surface area contributed by atoms with Crippen LogP contribution in [0.5, 0.6) is 11.5 Å². The highest BCUT2D eigenvalue weighted by atomic mass is 28.4. The molecule has 1 heterocycles. The highest BCUT2D eigenvalue weighted by Gasteiger charge is 2.40. The first-order valence-corrected chi connectivity index (χ1v) is 12.7. The van der Waals surface area contributed by atoms with Crippen LogP contribution in [0, 0.1) is 10.1 Å². The van der Waals surface area contributed by atoms with Crippen molar-refractivity contribution >= 4 is 19.9 Å². The molecule has 0 spiro atoms. The first-order valence-electron chi connectivity index (χ1n) is 9.78. The molecule has 0 aliphatic carbocycles. The molecule has 0 saturated carbocycles. The Kier molecular flexibility index (Phi) is 6.95. The molecule has 29 heavy (non-hydrogen) atoms. The van der Waals surface area contributed by atoms with Gasteiger partial charge in [0.2, 0.25) is 0 Å². The van der Waals surface area contributed by atoms with Gasteiger partial charge in [0.25, 0.3) is 11.6 Å². The molecule has 0 bridgehead atoms. The van der Waals surface area contributed by atoms with Crippen molar-refractivity contribution in [2.24, 2.45) is 0 Å². The molecule has 1 amide bonds. The van der Waals surface area contributed by atoms with Gasteiger partial charge in [-0.2, -0.15) is 0 Å². The Morgan fingerprint density at radius 2 is 1.83 bits per heavy atom. The Morgan fingerprint density at radius 3 is 2.34 bits per heavy atom. The summed E-state index contributed by atoms with van der Waals surface area (Å²) in [5, 5.41) is 11.6. The van der Waals surface area contributed by atoms with Crippen LogP contribution in [0.3, 0.4) is 0 Å². The third kappa shape index (κ3) is 4.89. The monoisotopic (exact) mass is 424 g/mol. The highest BCUT2D eigenvalue weighted by Crippen LogP contribution is 2.38. The van der Waals surface area contributed by atoms with E-state index < -0.39 is 13.2 Å². The number of benzene rings is 1. The van der Waals surface area contributed by atoms with E-state index in [1.54, 1.807) is 4.90 Å². The predicted octanol–water partition coefficient (Wildman–Crippen LogP) is 4.24. The molecule has 2 rings (SSSR count). The number of likely N-dealkylation sites (tertiary alicyclic amines) is 1. The van der Waals surface area contributed by atoms with Gasteiger partial charge in [-0.3, -0.25) is 14.9 Å². The fourth-order valence-corrected chi connectivity index (χ4v) is 4.18. The molecule has 0 aromatic heterocycles. The van der Waals surface area contributed by atoms with E-state index >= 15 is 0 Å². The van der Waals surface area contributed by atoms with Crippen LogP contribution in [0.1, 0.15) is 44.0 Å². The molecule has 1 atom stereocenters. The minimum absolute atomic E-state index is 0.00637. The topological polar surface area (TPSA) is 91.1 Å². The third-order valence-electron chi connectivity index (χ3n) is 6.01. The lowest BCUT2D eigenvalue weighted by Crippen LogP contribution is -2.46. The molecule has 9 heteroatoms. The molecule has 1 fully saturated rings. The standard InChI is InChI=1S/C20H32N2O6Si/c1-20(2,3)29(6,7)28-13-14-9-8-10-21(14)19(23)15-11-17(26-4)18(27-5)12-16(15)22(24)25/h11-12,14H,8-10,13H2,1-7H3/t14-/m0/s1. The highest BCUT2D eigenvalue weighted by molar-refractivity contribution is 6.74. The van der Waals surface area contributed by atoms with Crippen LogP contribution in [0.4, 0.5) is 5.69 Å². The molecule has 1 aliphatic heterocycles. The lowest BCUT2D eigenvalue weighted by Gasteiger charge is -2.38. The van der Waals surface area contributed by atoms with Crippen LogP contribution in [0.2, 0.25) is 18.1 Å². The quantitative estimate of drug-likeness (QED) is 0.369. The maximum Gasteiger partial charge on any atom is 0.286 e. The second-order valence-corrected chi connectivity index (χ2v) is 13.7. The van der Waals surface area contributed by atoms with Crippen LogP contribution in [0.15, 0.2) is 12.1 Å². The number of ether oxygens (including phenoxy) is 2. The summed E-state index contributed by atoms with van der Waals surface area (Å²) >= 11 is 0. The number of methoxy groups -OCH3 is 2. The molecule has 8 nitrogen and oxygen atoms in total. The summed E-state index contributed by atoms with van der Waals surface area (Å²) in [7, 11) is 0.880. The van der Waals surface area contributed by atoms with E-state index in [4.69, 9.17) is 13.9 Å². The zero-order chi connectivity index (χ0) is 22.0. The van der Waals surface area contributed by atoms with Gasteiger partial charge < -0.3 is 18.8 Å².